The van der Waals surface area contributed by atoms with Gasteiger partial charge in [0, 0.05) is 29.4 Å². The first-order valence-corrected chi connectivity index (χ1v) is 14.5. The van der Waals surface area contributed by atoms with Crippen LogP contribution in [0.4, 0.5) is 0 Å². The molecule has 1 saturated carbocycles. The van der Waals surface area contributed by atoms with Gasteiger partial charge in [0.15, 0.2) is 0 Å². The summed E-state index contributed by atoms with van der Waals surface area (Å²) >= 11 is 3.54. The number of amides is 2. The molecule has 7 rings (SSSR count). The lowest BCUT2D eigenvalue weighted by molar-refractivity contribution is -0.127. The zero-order chi connectivity index (χ0) is 27.4. The number of halogens is 1. The Hall–Kier alpha value is -3.92. The zero-order valence-electron chi connectivity index (χ0n) is 22.0. The summed E-state index contributed by atoms with van der Waals surface area (Å²) in [6.07, 6.45) is 7.41. The molecular weight excluding hydrogens is 572 g/mol. The summed E-state index contributed by atoms with van der Waals surface area (Å²) in [5.41, 5.74) is 5.55. The van der Waals surface area contributed by atoms with E-state index in [2.05, 4.69) is 57.0 Å². The minimum atomic E-state index is -0.427. The summed E-state index contributed by atoms with van der Waals surface area (Å²) in [7, 11) is 0. The van der Waals surface area contributed by atoms with E-state index >= 15 is 0 Å². The SMILES string of the molecule is C=CC(=O)N1CCOc2nn(-c3ccc(C4CCC4)cc3)c3c2[C@H](C1)N(C(=O)c1ccc(Br)c2[nH]ncc12)CC3. The quantitative estimate of drug-likeness (QED) is 0.335. The predicted octanol–water partition coefficient (Wildman–Crippen LogP) is 4.93. The molecule has 0 spiro atoms. The van der Waals surface area contributed by atoms with Gasteiger partial charge in [0.05, 0.1) is 46.8 Å². The molecule has 0 radical (unpaired) electrons. The summed E-state index contributed by atoms with van der Waals surface area (Å²) in [6.45, 7) is 5.19. The van der Waals surface area contributed by atoms with Crippen LogP contribution in [0.5, 0.6) is 5.88 Å². The second-order valence-corrected chi connectivity index (χ2v) is 11.5. The van der Waals surface area contributed by atoms with E-state index in [0.29, 0.717) is 50.0 Å². The van der Waals surface area contributed by atoms with E-state index in [1.54, 1.807) is 11.1 Å². The molecule has 2 aromatic carbocycles. The minimum absolute atomic E-state index is 0.121. The van der Waals surface area contributed by atoms with Gasteiger partial charge in [-0.05, 0) is 70.6 Å². The van der Waals surface area contributed by atoms with Crippen LogP contribution in [0, 0.1) is 0 Å². The van der Waals surface area contributed by atoms with Crippen molar-refractivity contribution in [1.29, 1.82) is 0 Å². The number of benzene rings is 2. The van der Waals surface area contributed by atoms with Crippen LogP contribution < -0.4 is 4.74 Å². The largest absolute Gasteiger partial charge is 0.474 e. The maximum Gasteiger partial charge on any atom is 0.255 e. The molecule has 2 aromatic heterocycles. The number of aromatic nitrogens is 4. The summed E-state index contributed by atoms with van der Waals surface area (Å²) < 4.78 is 8.98. The van der Waals surface area contributed by atoms with Crippen molar-refractivity contribution < 1.29 is 14.3 Å². The normalized spacial score (nSPS) is 18.9. The van der Waals surface area contributed by atoms with E-state index in [1.807, 2.05) is 21.7 Å². The molecule has 1 aliphatic carbocycles. The number of hydrogen-bond acceptors (Lipinski definition) is 5. The van der Waals surface area contributed by atoms with Gasteiger partial charge in [-0.1, -0.05) is 25.1 Å². The number of aromatic amines is 1. The third-order valence-corrected chi connectivity index (χ3v) is 9.20. The Kier molecular flexibility index (Phi) is 6.22. The van der Waals surface area contributed by atoms with Gasteiger partial charge in [-0.15, -0.1) is 5.10 Å². The van der Waals surface area contributed by atoms with Gasteiger partial charge in [-0.25, -0.2) is 4.68 Å². The van der Waals surface area contributed by atoms with Gasteiger partial charge >= 0.3 is 0 Å². The molecule has 9 nitrogen and oxygen atoms in total. The number of carbonyl (C=O) groups is 2. The fourth-order valence-electron chi connectivity index (χ4n) is 6.16. The monoisotopic (exact) mass is 600 g/mol. The van der Waals surface area contributed by atoms with Crippen LogP contribution in [0.1, 0.15) is 58.4 Å². The molecule has 1 fully saturated rings. The molecule has 2 aliphatic heterocycles. The molecule has 40 heavy (non-hydrogen) atoms. The van der Waals surface area contributed by atoms with Crippen LogP contribution in [0.25, 0.3) is 16.6 Å². The van der Waals surface area contributed by atoms with Crippen LogP contribution in [-0.2, 0) is 11.2 Å². The van der Waals surface area contributed by atoms with Crippen LogP contribution in [-0.4, -0.2) is 67.8 Å². The highest BCUT2D eigenvalue weighted by molar-refractivity contribution is 9.10. The van der Waals surface area contributed by atoms with Crippen molar-refractivity contribution in [2.24, 2.45) is 0 Å². The predicted molar refractivity (Wildman–Crippen MR) is 154 cm³/mol. The average Bonchev–Trinajstić information content (AvgIpc) is 3.56. The Morgan fingerprint density at radius 3 is 2.70 bits per heavy atom. The number of ether oxygens (including phenoxy) is 1. The number of rotatable bonds is 4. The molecule has 1 atom stereocenters. The van der Waals surface area contributed by atoms with Gasteiger partial charge in [0.25, 0.3) is 5.91 Å². The summed E-state index contributed by atoms with van der Waals surface area (Å²) in [4.78, 5) is 30.5. The topological polar surface area (TPSA) is 96.4 Å². The van der Waals surface area contributed by atoms with Crippen LogP contribution in [0.3, 0.4) is 0 Å². The minimum Gasteiger partial charge on any atom is -0.474 e. The molecule has 4 heterocycles. The molecule has 2 amide bonds. The zero-order valence-corrected chi connectivity index (χ0v) is 23.6. The fraction of sp³-hybridized carbons (Fsp3) is 0.333. The lowest BCUT2D eigenvalue weighted by Gasteiger charge is -2.40. The third-order valence-electron chi connectivity index (χ3n) is 8.54. The van der Waals surface area contributed by atoms with Crippen LogP contribution >= 0.6 is 15.9 Å². The highest BCUT2D eigenvalue weighted by atomic mass is 79.9. The van der Waals surface area contributed by atoms with Gasteiger partial charge in [0.2, 0.25) is 11.8 Å². The van der Waals surface area contributed by atoms with Crippen molar-refractivity contribution in [2.45, 2.75) is 37.6 Å². The van der Waals surface area contributed by atoms with Gasteiger partial charge in [0.1, 0.15) is 6.61 Å². The Morgan fingerprint density at radius 2 is 1.95 bits per heavy atom. The first-order valence-electron chi connectivity index (χ1n) is 13.7. The first kappa shape index (κ1) is 25.1. The van der Waals surface area contributed by atoms with Crippen molar-refractivity contribution in [1.82, 2.24) is 29.8 Å². The highest BCUT2D eigenvalue weighted by Crippen LogP contribution is 2.41. The Bertz CT molecular complexity index is 1640. The number of hydrogen-bond donors (Lipinski definition) is 1. The van der Waals surface area contributed by atoms with Crippen molar-refractivity contribution in [3.8, 4) is 11.6 Å². The molecule has 1 N–H and O–H groups in total. The van der Waals surface area contributed by atoms with Gasteiger partial charge in [-0.3, -0.25) is 14.7 Å². The Labute approximate surface area is 239 Å². The molecule has 0 unspecified atom stereocenters. The van der Waals surface area contributed by atoms with Crippen LogP contribution in [0.15, 0.2) is 59.7 Å². The maximum absolute atomic E-state index is 14.2. The molecule has 0 bridgehead atoms. The van der Waals surface area contributed by atoms with E-state index in [1.165, 1.54) is 30.9 Å². The second-order valence-electron chi connectivity index (χ2n) is 10.7. The Morgan fingerprint density at radius 1 is 1.12 bits per heavy atom. The summed E-state index contributed by atoms with van der Waals surface area (Å²) in [6, 6.07) is 11.9. The van der Waals surface area contributed by atoms with Crippen LogP contribution in [0.2, 0.25) is 0 Å². The Balaban J connectivity index is 1.31. The smallest absolute Gasteiger partial charge is 0.255 e. The molecule has 4 aromatic rings. The lowest BCUT2D eigenvalue weighted by Crippen LogP contribution is -2.48. The van der Waals surface area contributed by atoms with Crippen molar-refractivity contribution in [2.75, 3.05) is 26.2 Å². The average molecular weight is 602 g/mol. The molecule has 204 valence electrons. The first-order chi connectivity index (χ1) is 19.5. The number of fused-ring (bicyclic) bond motifs is 1. The molecular formula is C30H29BrN6O3. The molecule has 10 heteroatoms. The van der Waals surface area contributed by atoms with Crippen molar-refractivity contribution in [3.05, 3.63) is 82.1 Å². The van der Waals surface area contributed by atoms with E-state index < -0.39 is 6.04 Å². The second kappa shape index (κ2) is 9.92. The number of nitrogens with one attached hydrogen (secondary N) is 1. The molecule has 0 saturated heterocycles. The molecule has 3 aliphatic rings. The van der Waals surface area contributed by atoms with E-state index in [0.717, 1.165) is 32.3 Å². The van der Waals surface area contributed by atoms with E-state index in [9.17, 15) is 9.59 Å². The summed E-state index contributed by atoms with van der Waals surface area (Å²) in [5, 5.41) is 12.8. The maximum atomic E-state index is 14.2. The fourth-order valence-corrected chi connectivity index (χ4v) is 6.60. The standard InChI is InChI=1S/C30H29BrN6O3/c1-2-26(38)35-14-15-40-29-27-24(37(34-29)20-8-6-19(7-9-20)18-4-3-5-18)12-13-36(25(27)17-35)30(39)21-10-11-23(31)28-22(21)16-32-33-28/h2,6-11,16,18,25H,1,3-5,12-15,17H2,(H,32,33)/t25-/m0/s1. The van der Waals surface area contributed by atoms with E-state index in [4.69, 9.17) is 9.84 Å². The number of H-pyrrole nitrogens is 1. The number of carbonyl (C=O) groups excluding carboxylic acids is 2. The van der Waals surface area contributed by atoms with Crippen molar-refractivity contribution >= 4 is 38.6 Å². The van der Waals surface area contributed by atoms with Gasteiger partial charge < -0.3 is 14.5 Å². The van der Waals surface area contributed by atoms with E-state index in [-0.39, 0.29) is 11.8 Å². The van der Waals surface area contributed by atoms with Crippen molar-refractivity contribution in [3.63, 3.8) is 0 Å². The van der Waals surface area contributed by atoms with Gasteiger partial charge in [-0.2, -0.15) is 5.10 Å². The number of nitrogens with zero attached hydrogens (tertiary/aromatic N) is 5. The lowest BCUT2D eigenvalue weighted by atomic mass is 9.80. The highest BCUT2D eigenvalue weighted by Gasteiger charge is 2.40. The summed E-state index contributed by atoms with van der Waals surface area (Å²) in [5.74, 6) is 0.873. The third kappa shape index (κ3) is 4.04.